The third kappa shape index (κ3) is 18.7. The first-order chi connectivity index (χ1) is 14.5. The van der Waals surface area contributed by atoms with Crippen LogP contribution in [0.1, 0.15) is 62.5 Å². The SMILES string of the molecule is O=C([O-])CCCCCCCCC(=O)[O-].[NH3+]Cc1ccccc1.[NH3+]Cc1ccccc1. The van der Waals surface area contributed by atoms with Gasteiger partial charge in [-0.3, -0.25) is 0 Å². The number of quaternary nitrogens is 2. The van der Waals surface area contributed by atoms with Crippen molar-refractivity contribution in [3.05, 3.63) is 71.8 Å². The summed E-state index contributed by atoms with van der Waals surface area (Å²) in [6.45, 7) is 1.78. The maximum absolute atomic E-state index is 10.0. The molecule has 0 bridgehead atoms. The molecule has 0 spiro atoms. The number of carboxylic acid groups (broad SMARTS) is 2. The van der Waals surface area contributed by atoms with Crippen LogP contribution in [0.4, 0.5) is 0 Å². The number of hydrogen-bond acceptors (Lipinski definition) is 4. The van der Waals surface area contributed by atoms with E-state index in [9.17, 15) is 19.8 Å². The summed E-state index contributed by atoms with van der Waals surface area (Å²) < 4.78 is 0. The maximum Gasteiger partial charge on any atom is 0.0997 e. The van der Waals surface area contributed by atoms with E-state index in [-0.39, 0.29) is 12.8 Å². The summed E-state index contributed by atoms with van der Waals surface area (Å²) in [5.41, 5.74) is 10.1. The second-order valence-electron chi connectivity index (χ2n) is 6.84. The summed E-state index contributed by atoms with van der Waals surface area (Å²) in [4.78, 5) is 20.1. The molecule has 6 heteroatoms. The summed E-state index contributed by atoms with van der Waals surface area (Å²) in [5, 5.41) is 20.1. The second-order valence-corrected chi connectivity index (χ2v) is 6.84. The Bertz CT molecular complexity index is 604. The van der Waals surface area contributed by atoms with E-state index in [4.69, 9.17) is 0 Å². The van der Waals surface area contributed by atoms with Crippen molar-refractivity contribution in [1.29, 1.82) is 0 Å². The van der Waals surface area contributed by atoms with Gasteiger partial charge in [-0.05, 0) is 25.7 Å². The van der Waals surface area contributed by atoms with Gasteiger partial charge in [-0.2, -0.15) is 0 Å². The first-order valence-electron chi connectivity index (χ1n) is 10.6. The van der Waals surface area contributed by atoms with Crippen molar-refractivity contribution >= 4 is 11.9 Å². The highest BCUT2D eigenvalue weighted by Gasteiger charge is 1.92. The second kappa shape index (κ2) is 19.6. The predicted molar refractivity (Wildman–Crippen MR) is 113 cm³/mol. The average molecular weight is 417 g/mol. The van der Waals surface area contributed by atoms with Crippen LogP contribution in [0.25, 0.3) is 0 Å². The molecule has 0 aliphatic rings. The number of rotatable bonds is 11. The molecule has 0 heterocycles. The molecule has 0 aromatic heterocycles. The Kier molecular flexibility index (Phi) is 17.8. The topological polar surface area (TPSA) is 136 Å². The minimum Gasteiger partial charge on any atom is -0.550 e. The van der Waals surface area contributed by atoms with Gasteiger partial charge in [-0.15, -0.1) is 0 Å². The highest BCUT2D eigenvalue weighted by Crippen LogP contribution is 2.07. The standard InChI is InChI=1S/C10H18O4.2C7H9N/c11-9(12)7-5-3-1-2-4-6-8-10(13)14;2*8-6-7-4-2-1-3-5-7/h1-8H2,(H,11,12)(H,13,14);2*1-5H,6,8H2. The molecule has 2 rings (SSSR count). The van der Waals surface area contributed by atoms with Crippen molar-refractivity contribution < 1.29 is 31.3 Å². The van der Waals surface area contributed by atoms with Crippen molar-refractivity contribution in [2.45, 2.75) is 64.5 Å². The van der Waals surface area contributed by atoms with Crippen LogP contribution in [-0.4, -0.2) is 11.9 Å². The molecular weight excluding hydrogens is 380 g/mol. The largest absolute Gasteiger partial charge is 0.550 e. The lowest BCUT2D eigenvalue weighted by Crippen LogP contribution is -2.47. The Balaban J connectivity index is 0.000000447. The van der Waals surface area contributed by atoms with Gasteiger partial charge in [0.05, 0.1) is 13.1 Å². The van der Waals surface area contributed by atoms with Gasteiger partial charge < -0.3 is 31.3 Å². The van der Waals surface area contributed by atoms with Crippen molar-refractivity contribution in [3.8, 4) is 0 Å². The van der Waals surface area contributed by atoms with Crippen LogP contribution in [0.3, 0.4) is 0 Å². The molecule has 0 radical (unpaired) electrons. The van der Waals surface area contributed by atoms with Crippen LogP contribution >= 0.6 is 0 Å². The van der Waals surface area contributed by atoms with E-state index in [1.54, 1.807) is 0 Å². The van der Waals surface area contributed by atoms with E-state index in [0.29, 0.717) is 12.8 Å². The maximum atomic E-state index is 10.0. The molecule has 0 saturated carbocycles. The summed E-state index contributed by atoms with van der Waals surface area (Å²) in [7, 11) is 0. The Morgan fingerprint density at radius 1 is 0.567 bits per heavy atom. The minimum atomic E-state index is -0.998. The molecule has 0 aliphatic carbocycles. The highest BCUT2D eigenvalue weighted by atomic mass is 16.4. The van der Waals surface area contributed by atoms with Crippen LogP contribution in [0.15, 0.2) is 60.7 Å². The molecule has 2 aromatic carbocycles. The Morgan fingerprint density at radius 2 is 0.867 bits per heavy atom. The molecule has 0 unspecified atom stereocenters. The molecular formula is C24H36N2O4. The highest BCUT2D eigenvalue weighted by molar-refractivity contribution is 5.64. The van der Waals surface area contributed by atoms with Crippen molar-refractivity contribution in [2.24, 2.45) is 0 Å². The molecule has 6 nitrogen and oxygen atoms in total. The number of hydrogen-bond donors (Lipinski definition) is 2. The van der Waals surface area contributed by atoms with Crippen LogP contribution in [0, 0.1) is 0 Å². The lowest BCUT2D eigenvalue weighted by molar-refractivity contribution is -0.386. The quantitative estimate of drug-likeness (QED) is 0.514. The summed E-state index contributed by atoms with van der Waals surface area (Å²) in [5.74, 6) is -2.00. The van der Waals surface area contributed by atoms with Gasteiger partial charge in [0.1, 0.15) is 0 Å². The van der Waals surface area contributed by atoms with Crippen molar-refractivity contribution in [2.75, 3.05) is 0 Å². The van der Waals surface area contributed by atoms with Gasteiger partial charge in [0, 0.05) is 23.1 Å². The molecule has 0 fully saturated rings. The zero-order valence-electron chi connectivity index (χ0n) is 17.9. The van der Waals surface area contributed by atoms with Gasteiger partial charge >= 0.3 is 0 Å². The monoisotopic (exact) mass is 416 g/mol. The molecule has 6 N–H and O–H groups in total. The van der Waals surface area contributed by atoms with E-state index in [0.717, 1.165) is 38.8 Å². The number of carbonyl (C=O) groups excluding carboxylic acids is 2. The van der Waals surface area contributed by atoms with Gasteiger partial charge in [0.15, 0.2) is 0 Å². The number of carbonyl (C=O) groups is 2. The lowest BCUT2D eigenvalue weighted by atomic mass is 10.1. The van der Waals surface area contributed by atoms with Crippen LogP contribution in [-0.2, 0) is 22.7 Å². The van der Waals surface area contributed by atoms with Crippen LogP contribution in [0.5, 0.6) is 0 Å². The zero-order chi connectivity index (χ0) is 22.5. The molecule has 0 aliphatic heterocycles. The van der Waals surface area contributed by atoms with Crippen LogP contribution < -0.4 is 21.7 Å². The average Bonchev–Trinajstić information content (AvgIpc) is 2.77. The van der Waals surface area contributed by atoms with Gasteiger partial charge in [0.25, 0.3) is 0 Å². The Labute approximate surface area is 179 Å². The normalized spacial score (nSPS) is 9.53. The molecule has 0 amide bonds. The van der Waals surface area contributed by atoms with Gasteiger partial charge in [-0.1, -0.05) is 86.3 Å². The summed E-state index contributed by atoms with van der Waals surface area (Å²) in [6, 6.07) is 20.4. The molecule has 166 valence electrons. The predicted octanol–water partition coefficient (Wildman–Crippen LogP) is 0.464. The smallest absolute Gasteiger partial charge is 0.0997 e. The Morgan fingerprint density at radius 3 is 1.10 bits per heavy atom. The van der Waals surface area contributed by atoms with E-state index in [1.165, 1.54) is 11.1 Å². The Hall–Kier alpha value is -2.70. The third-order valence-electron chi connectivity index (χ3n) is 4.27. The minimum absolute atomic E-state index is 0.124. The first-order valence-corrected chi connectivity index (χ1v) is 10.6. The van der Waals surface area contributed by atoms with Gasteiger partial charge in [-0.25, -0.2) is 0 Å². The number of carboxylic acids is 2. The fourth-order valence-electron chi connectivity index (χ4n) is 2.54. The summed E-state index contributed by atoms with van der Waals surface area (Å²) in [6.07, 6.45) is 5.23. The van der Waals surface area contributed by atoms with E-state index < -0.39 is 11.9 Å². The number of aliphatic carboxylic acids is 2. The first kappa shape index (κ1) is 27.3. The van der Waals surface area contributed by atoms with Crippen molar-refractivity contribution in [3.63, 3.8) is 0 Å². The zero-order valence-corrected chi connectivity index (χ0v) is 17.9. The lowest BCUT2D eigenvalue weighted by Gasteiger charge is -2.03. The van der Waals surface area contributed by atoms with Crippen molar-refractivity contribution in [1.82, 2.24) is 0 Å². The fraction of sp³-hybridized carbons (Fsp3) is 0.417. The van der Waals surface area contributed by atoms with E-state index in [1.807, 2.05) is 36.4 Å². The van der Waals surface area contributed by atoms with E-state index in [2.05, 4.69) is 35.7 Å². The third-order valence-corrected chi connectivity index (χ3v) is 4.27. The number of benzene rings is 2. The van der Waals surface area contributed by atoms with Gasteiger partial charge in [0.2, 0.25) is 0 Å². The van der Waals surface area contributed by atoms with E-state index >= 15 is 0 Å². The number of unbranched alkanes of at least 4 members (excludes halogenated alkanes) is 5. The molecule has 0 atom stereocenters. The molecule has 2 aromatic rings. The van der Waals surface area contributed by atoms with Crippen LogP contribution in [0.2, 0.25) is 0 Å². The fourth-order valence-corrected chi connectivity index (χ4v) is 2.54. The summed E-state index contributed by atoms with van der Waals surface area (Å²) >= 11 is 0. The molecule has 30 heavy (non-hydrogen) atoms. The molecule has 0 saturated heterocycles.